The normalized spacial score (nSPS) is 10.1. The van der Waals surface area contributed by atoms with Crippen LogP contribution in [0.5, 0.6) is 0 Å². The average molecular weight is 326 g/mol. The molecule has 24 heavy (non-hydrogen) atoms. The average Bonchev–Trinajstić information content (AvgIpc) is 2.61. The van der Waals surface area contributed by atoms with E-state index in [1.54, 1.807) is 24.3 Å². The maximum atomic E-state index is 11.9. The number of ether oxygens (including phenoxy) is 1. The quantitative estimate of drug-likeness (QED) is 0.767. The molecule has 5 nitrogen and oxygen atoms in total. The summed E-state index contributed by atoms with van der Waals surface area (Å²) >= 11 is 0. The topological polar surface area (TPSA) is 67.4 Å². The summed E-state index contributed by atoms with van der Waals surface area (Å²) in [4.78, 5) is 23.2. The second-order valence-corrected chi connectivity index (χ2v) is 5.45. The fourth-order valence-electron chi connectivity index (χ4n) is 2.31. The van der Waals surface area contributed by atoms with Crippen molar-refractivity contribution in [1.82, 2.24) is 5.32 Å². The molecule has 0 aliphatic carbocycles. The summed E-state index contributed by atoms with van der Waals surface area (Å²) in [5.41, 5.74) is 3.72. The van der Waals surface area contributed by atoms with Gasteiger partial charge in [-0.3, -0.25) is 4.79 Å². The molecule has 2 aromatic rings. The van der Waals surface area contributed by atoms with Gasteiger partial charge < -0.3 is 15.4 Å². The number of aryl methyl sites for hydroxylation is 1. The lowest BCUT2D eigenvalue weighted by atomic mass is 10.1. The number of esters is 1. The zero-order valence-electron chi connectivity index (χ0n) is 14.0. The van der Waals surface area contributed by atoms with Crippen LogP contribution in [0.3, 0.4) is 0 Å². The lowest BCUT2D eigenvalue weighted by molar-refractivity contribution is -0.119. The maximum absolute atomic E-state index is 11.9. The minimum atomic E-state index is -0.379. The number of amides is 1. The van der Waals surface area contributed by atoms with Gasteiger partial charge >= 0.3 is 5.97 Å². The number of methoxy groups -OCH3 is 1. The molecule has 1 amide bonds. The Morgan fingerprint density at radius 3 is 2.42 bits per heavy atom. The molecule has 0 aliphatic heterocycles. The Balaban J connectivity index is 1.73. The number of carbonyl (C=O) groups excluding carboxylic acids is 2. The van der Waals surface area contributed by atoms with Crippen molar-refractivity contribution in [2.24, 2.45) is 0 Å². The number of carbonyl (C=O) groups is 2. The third-order valence-corrected chi connectivity index (χ3v) is 3.74. The molecular weight excluding hydrogens is 304 g/mol. The molecule has 5 heteroatoms. The van der Waals surface area contributed by atoms with E-state index in [1.807, 2.05) is 12.1 Å². The summed E-state index contributed by atoms with van der Waals surface area (Å²) < 4.78 is 4.64. The van der Waals surface area contributed by atoms with Crippen LogP contribution >= 0.6 is 0 Å². The first-order chi connectivity index (χ1) is 11.6. The maximum Gasteiger partial charge on any atom is 0.337 e. The van der Waals surface area contributed by atoms with E-state index in [4.69, 9.17) is 0 Å². The third-order valence-electron chi connectivity index (χ3n) is 3.74. The highest BCUT2D eigenvalue weighted by Gasteiger charge is 2.05. The van der Waals surface area contributed by atoms with Crippen LogP contribution in [0.1, 0.15) is 21.5 Å². The third kappa shape index (κ3) is 5.12. The van der Waals surface area contributed by atoms with E-state index in [1.165, 1.54) is 18.2 Å². The fraction of sp³-hybridized carbons (Fsp3) is 0.263. The van der Waals surface area contributed by atoms with Crippen molar-refractivity contribution >= 4 is 17.6 Å². The van der Waals surface area contributed by atoms with Crippen LogP contribution in [0.25, 0.3) is 0 Å². The van der Waals surface area contributed by atoms with Crippen LogP contribution in [0.2, 0.25) is 0 Å². The number of hydrogen-bond donors (Lipinski definition) is 2. The van der Waals surface area contributed by atoms with Crippen molar-refractivity contribution in [2.45, 2.75) is 13.3 Å². The van der Waals surface area contributed by atoms with E-state index >= 15 is 0 Å². The van der Waals surface area contributed by atoms with Gasteiger partial charge in [0, 0.05) is 12.2 Å². The van der Waals surface area contributed by atoms with Gasteiger partial charge in [0.25, 0.3) is 0 Å². The van der Waals surface area contributed by atoms with Crippen molar-refractivity contribution < 1.29 is 14.3 Å². The largest absolute Gasteiger partial charge is 0.465 e. The van der Waals surface area contributed by atoms with Crippen LogP contribution in [0.15, 0.2) is 48.5 Å². The summed E-state index contributed by atoms with van der Waals surface area (Å²) in [5.74, 6) is -0.448. The van der Waals surface area contributed by atoms with Gasteiger partial charge in [0.1, 0.15) is 0 Å². The first-order valence-electron chi connectivity index (χ1n) is 7.83. The van der Waals surface area contributed by atoms with Crippen LogP contribution in [0, 0.1) is 6.92 Å². The van der Waals surface area contributed by atoms with Gasteiger partial charge in [-0.05, 0) is 48.7 Å². The fourth-order valence-corrected chi connectivity index (χ4v) is 2.31. The molecule has 126 valence electrons. The highest BCUT2D eigenvalue weighted by Crippen LogP contribution is 2.10. The Morgan fingerprint density at radius 1 is 1.04 bits per heavy atom. The summed E-state index contributed by atoms with van der Waals surface area (Å²) in [6.07, 6.45) is 0.812. The Kier molecular flexibility index (Phi) is 6.37. The molecule has 0 fully saturated rings. The number of anilines is 1. The Hall–Kier alpha value is -2.82. The zero-order chi connectivity index (χ0) is 17.4. The first-order valence-corrected chi connectivity index (χ1v) is 7.83. The molecule has 2 N–H and O–H groups in total. The van der Waals surface area contributed by atoms with E-state index in [0.29, 0.717) is 12.1 Å². The van der Waals surface area contributed by atoms with Crippen molar-refractivity contribution in [3.05, 3.63) is 65.2 Å². The highest BCUT2D eigenvalue weighted by molar-refractivity contribution is 5.89. The van der Waals surface area contributed by atoms with E-state index in [-0.39, 0.29) is 18.4 Å². The summed E-state index contributed by atoms with van der Waals surface area (Å²) in [5, 5.41) is 5.92. The van der Waals surface area contributed by atoms with E-state index in [9.17, 15) is 9.59 Å². The monoisotopic (exact) mass is 326 g/mol. The SMILES string of the molecule is COC(=O)c1ccc(NCC(=O)NCCc2ccccc2C)cc1. The first kappa shape index (κ1) is 17.5. The summed E-state index contributed by atoms with van der Waals surface area (Å²) in [7, 11) is 1.34. The number of benzene rings is 2. The van der Waals surface area contributed by atoms with Gasteiger partial charge in [-0.1, -0.05) is 24.3 Å². The molecule has 0 aromatic heterocycles. The summed E-state index contributed by atoms with van der Waals surface area (Å²) in [6.45, 7) is 2.86. The predicted octanol–water partition coefficient (Wildman–Crippen LogP) is 2.55. The minimum Gasteiger partial charge on any atom is -0.465 e. The lowest BCUT2D eigenvalue weighted by Crippen LogP contribution is -2.31. The van der Waals surface area contributed by atoms with Crippen LogP contribution < -0.4 is 10.6 Å². The highest BCUT2D eigenvalue weighted by atomic mass is 16.5. The van der Waals surface area contributed by atoms with E-state index < -0.39 is 0 Å². The van der Waals surface area contributed by atoms with Crippen molar-refractivity contribution in [3.63, 3.8) is 0 Å². The summed E-state index contributed by atoms with van der Waals surface area (Å²) in [6, 6.07) is 14.9. The Bertz CT molecular complexity index is 696. The molecule has 0 heterocycles. The molecule has 2 rings (SSSR count). The Labute approximate surface area is 142 Å². The molecule has 0 bridgehead atoms. The van der Waals surface area contributed by atoms with Gasteiger partial charge in [-0.25, -0.2) is 4.79 Å². The number of hydrogen-bond acceptors (Lipinski definition) is 4. The van der Waals surface area contributed by atoms with Crippen molar-refractivity contribution in [2.75, 3.05) is 25.5 Å². The van der Waals surface area contributed by atoms with Crippen LogP contribution in [0.4, 0.5) is 5.69 Å². The predicted molar refractivity (Wildman–Crippen MR) is 94.2 cm³/mol. The molecular formula is C19H22N2O3. The molecule has 0 atom stereocenters. The standard InChI is InChI=1S/C19H22N2O3/c1-14-5-3-4-6-15(14)11-12-20-18(22)13-21-17-9-7-16(8-10-17)19(23)24-2/h3-10,21H,11-13H2,1-2H3,(H,20,22). The van der Waals surface area contributed by atoms with Gasteiger partial charge in [0.15, 0.2) is 0 Å². The molecule has 0 saturated heterocycles. The number of nitrogens with one attached hydrogen (secondary N) is 2. The lowest BCUT2D eigenvalue weighted by Gasteiger charge is -2.09. The molecule has 0 unspecified atom stereocenters. The molecule has 0 radical (unpaired) electrons. The minimum absolute atomic E-state index is 0.0689. The molecule has 0 saturated carbocycles. The van der Waals surface area contributed by atoms with Crippen molar-refractivity contribution in [3.8, 4) is 0 Å². The smallest absolute Gasteiger partial charge is 0.337 e. The van der Waals surface area contributed by atoms with Gasteiger partial charge in [-0.2, -0.15) is 0 Å². The number of rotatable bonds is 7. The van der Waals surface area contributed by atoms with Gasteiger partial charge in [-0.15, -0.1) is 0 Å². The molecule has 2 aromatic carbocycles. The van der Waals surface area contributed by atoms with Crippen molar-refractivity contribution in [1.29, 1.82) is 0 Å². The van der Waals surface area contributed by atoms with Crippen LogP contribution in [-0.4, -0.2) is 32.1 Å². The van der Waals surface area contributed by atoms with Gasteiger partial charge in [0.05, 0.1) is 19.2 Å². The second-order valence-electron chi connectivity index (χ2n) is 5.45. The molecule has 0 spiro atoms. The van der Waals surface area contributed by atoms with Gasteiger partial charge in [0.2, 0.25) is 5.91 Å². The van der Waals surface area contributed by atoms with E-state index in [0.717, 1.165) is 12.1 Å². The van der Waals surface area contributed by atoms with Crippen LogP contribution in [-0.2, 0) is 16.0 Å². The van der Waals surface area contributed by atoms with E-state index in [2.05, 4.69) is 34.4 Å². The zero-order valence-corrected chi connectivity index (χ0v) is 14.0. The Morgan fingerprint density at radius 2 is 1.75 bits per heavy atom. The second kappa shape index (κ2) is 8.72. The molecule has 0 aliphatic rings.